The van der Waals surface area contributed by atoms with Gasteiger partial charge in [-0.3, -0.25) is 0 Å². The number of esters is 1. The van der Waals surface area contributed by atoms with Gasteiger partial charge in [0.15, 0.2) is 0 Å². The molecule has 0 aliphatic carbocycles. The maximum atomic E-state index is 11.3. The highest BCUT2D eigenvalue weighted by Crippen LogP contribution is 2.32. The molecule has 35 heavy (non-hydrogen) atoms. The Morgan fingerprint density at radius 2 is 1.83 bits per heavy atom. The number of rotatable bonds is 16. The fourth-order valence-electron chi connectivity index (χ4n) is 4.17. The van der Waals surface area contributed by atoms with E-state index in [1.165, 1.54) is 13.2 Å². The number of benzene rings is 1. The molecule has 1 rings (SSSR count). The van der Waals surface area contributed by atoms with Crippen LogP contribution in [0.1, 0.15) is 58.1 Å². The third-order valence-corrected chi connectivity index (χ3v) is 6.81. The van der Waals surface area contributed by atoms with Gasteiger partial charge in [0.2, 0.25) is 0 Å². The summed E-state index contributed by atoms with van der Waals surface area (Å²) in [4.78, 5) is 11.3. The molecule has 198 valence electrons. The summed E-state index contributed by atoms with van der Waals surface area (Å²) in [5.74, 6) is -0.0243. The number of aliphatic hydroxyl groups is 1. The summed E-state index contributed by atoms with van der Waals surface area (Å²) in [7, 11) is 6.48. The standard InChI is InChI=1S/C29H46O6/c1-9-22(20-32-5)16-21(2)26(34-7)18-25(33-6)19-27(30)29(3,4)24-14-10-12-23(17-24)13-11-15-28(31)35-8/h10-12,14-17,22,25-27,30H,9,13,18-20H2,1-8H3/b15-11+,21-16-/t22-,25-,26+,27+/m1/s1. The van der Waals surface area contributed by atoms with Crippen LogP contribution in [-0.2, 0) is 35.6 Å². The highest BCUT2D eigenvalue weighted by atomic mass is 16.5. The molecule has 6 heteroatoms. The second kappa shape index (κ2) is 15.9. The molecule has 0 aliphatic rings. The lowest BCUT2D eigenvalue weighted by Gasteiger charge is -2.34. The van der Waals surface area contributed by atoms with E-state index in [-0.39, 0.29) is 18.2 Å². The number of hydrogen-bond donors (Lipinski definition) is 1. The van der Waals surface area contributed by atoms with Gasteiger partial charge in [-0.25, -0.2) is 4.79 Å². The Morgan fingerprint density at radius 3 is 2.40 bits per heavy atom. The van der Waals surface area contributed by atoms with Crippen molar-refractivity contribution in [3.8, 4) is 0 Å². The molecule has 1 N–H and O–H groups in total. The van der Waals surface area contributed by atoms with Crippen molar-refractivity contribution < 1.29 is 28.8 Å². The largest absolute Gasteiger partial charge is 0.466 e. The highest BCUT2D eigenvalue weighted by molar-refractivity contribution is 5.81. The van der Waals surface area contributed by atoms with E-state index < -0.39 is 11.5 Å². The molecular formula is C29H46O6. The lowest BCUT2D eigenvalue weighted by Crippen LogP contribution is -2.38. The zero-order valence-corrected chi connectivity index (χ0v) is 22.9. The molecule has 0 spiro atoms. The molecule has 0 fully saturated rings. The maximum Gasteiger partial charge on any atom is 0.330 e. The van der Waals surface area contributed by atoms with Crippen LogP contribution in [0, 0.1) is 5.92 Å². The Morgan fingerprint density at radius 1 is 1.11 bits per heavy atom. The summed E-state index contributed by atoms with van der Waals surface area (Å²) >= 11 is 0. The van der Waals surface area contributed by atoms with Gasteiger partial charge in [-0.15, -0.1) is 0 Å². The first-order valence-electron chi connectivity index (χ1n) is 12.4. The lowest BCUT2D eigenvalue weighted by molar-refractivity contribution is -0.134. The van der Waals surface area contributed by atoms with Gasteiger partial charge in [0.05, 0.1) is 32.0 Å². The van der Waals surface area contributed by atoms with Gasteiger partial charge >= 0.3 is 5.97 Å². The Balaban J connectivity index is 2.92. The summed E-state index contributed by atoms with van der Waals surface area (Å²) in [5, 5.41) is 11.3. The van der Waals surface area contributed by atoms with E-state index in [0.29, 0.717) is 31.8 Å². The van der Waals surface area contributed by atoms with Gasteiger partial charge in [0, 0.05) is 51.6 Å². The van der Waals surface area contributed by atoms with Crippen molar-refractivity contribution in [3.63, 3.8) is 0 Å². The first-order chi connectivity index (χ1) is 16.6. The van der Waals surface area contributed by atoms with E-state index in [4.69, 9.17) is 14.2 Å². The number of carbonyl (C=O) groups excluding carboxylic acids is 1. The smallest absolute Gasteiger partial charge is 0.330 e. The number of carbonyl (C=O) groups is 1. The van der Waals surface area contributed by atoms with Crippen molar-refractivity contribution in [2.45, 2.75) is 77.1 Å². The van der Waals surface area contributed by atoms with Crippen molar-refractivity contribution in [3.05, 3.63) is 59.2 Å². The SMILES string of the molecule is CC[C@H](/C=C(/C)[C@H](C[C@H](C[C@H](O)C(C)(C)c1cccc(C/C=C/C(=O)OC)c1)OC)OC)COC. The zero-order chi connectivity index (χ0) is 26.4. The van der Waals surface area contributed by atoms with Gasteiger partial charge in [-0.05, 0) is 36.5 Å². The summed E-state index contributed by atoms with van der Waals surface area (Å²) in [5.41, 5.74) is 2.76. The lowest BCUT2D eigenvalue weighted by atomic mass is 9.76. The molecule has 4 atom stereocenters. The monoisotopic (exact) mass is 490 g/mol. The Hall–Kier alpha value is -1.99. The molecule has 1 aromatic carbocycles. The van der Waals surface area contributed by atoms with Crippen LogP contribution in [0.2, 0.25) is 0 Å². The van der Waals surface area contributed by atoms with Gasteiger partial charge in [-0.2, -0.15) is 0 Å². The molecule has 0 bridgehead atoms. The van der Waals surface area contributed by atoms with Crippen molar-refractivity contribution in [1.82, 2.24) is 0 Å². The average molecular weight is 491 g/mol. The van der Waals surface area contributed by atoms with Crippen molar-refractivity contribution in [2.24, 2.45) is 5.92 Å². The molecule has 0 unspecified atom stereocenters. The minimum atomic E-state index is -0.619. The zero-order valence-electron chi connectivity index (χ0n) is 22.9. The van der Waals surface area contributed by atoms with E-state index in [1.54, 1.807) is 27.4 Å². The third kappa shape index (κ3) is 10.3. The van der Waals surface area contributed by atoms with Crippen LogP contribution in [0.3, 0.4) is 0 Å². The van der Waals surface area contributed by atoms with Crippen molar-refractivity contribution in [2.75, 3.05) is 35.0 Å². The molecule has 0 saturated heterocycles. The second-order valence-electron chi connectivity index (χ2n) is 9.66. The second-order valence-corrected chi connectivity index (χ2v) is 9.66. The van der Waals surface area contributed by atoms with Crippen LogP contribution in [0.25, 0.3) is 0 Å². The summed E-state index contributed by atoms with van der Waals surface area (Å²) in [6, 6.07) is 8.11. The number of methoxy groups -OCH3 is 4. The van der Waals surface area contributed by atoms with Gasteiger partial charge in [0.25, 0.3) is 0 Å². The minimum absolute atomic E-state index is 0.0916. The third-order valence-electron chi connectivity index (χ3n) is 6.81. The molecule has 0 amide bonds. The normalized spacial score (nSPS) is 16.2. The summed E-state index contributed by atoms with van der Waals surface area (Å²) < 4.78 is 21.5. The van der Waals surface area contributed by atoms with Crippen LogP contribution in [0.15, 0.2) is 48.1 Å². The van der Waals surface area contributed by atoms with E-state index in [2.05, 4.69) is 30.7 Å². The highest BCUT2D eigenvalue weighted by Gasteiger charge is 2.33. The number of ether oxygens (including phenoxy) is 4. The Labute approximate surface area is 212 Å². The Bertz CT molecular complexity index is 813. The predicted molar refractivity (Wildman–Crippen MR) is 141 cm³/mol. The fraction of sp³-hybridized carbons (Fsp3) is 0.621. The minimum Gasteiger partial charge on any atom is -0.466 e. The van der Waals surface area contributed by atoms with Crippen LogP contribution < -0.4 is 0 Å². The molecule has 1 aromatic rings. The van der Waals surface area contributed by atoms with Gasteiger partial charge in [0.1, 0.15) is 0 Å². The molecular weight excluding hydrogens is 444 g/mol. The average Bonchev–Trinajstić information content (AvgIpc) is 2.85. The van der Waals surface area contributed by atoms with Crippen molar-refractivity contribution >= 4 is 5.97 Å². The number of aliphatic hydroxyl groups excluding tert-OH is 1. The van der Waals surface area contributed by atoms with Gasteiger partial charge < -0.3 is 24.1 Å². The topological polar surface area (TPSA) is 74.2 Å². The maximum absolute atomic E-state index is 11.3. The van der Waals surface area contributed by atoms with E-state index in [0.717, 1.165) is 23.1 Å². The number of hydrogen-bond acceptors (Lipinski definition) is 6. The van der Waals surface area contributed by atoms with Crippen LogP contribution in [0.5, 0.6) is 0 Å². The fourth-order valence-corrected chi connectivity index (χ4v) is 4.17. The molecule has 0 heterocycles. The summed E-state index contributed by atoms with van der Waals surface area (Å²) in [6.45, 7) is 9.00. The molecule has 0 saturated carbocycles. The molecule has 6 nitrogen and oxygen atoms in total. The summed E-state index contributed by atoms with van der Waals surface area (Å²) in [6.07, 6.45) is 7.32. The first kappa shape index (κ1) is 31.0. The Kier molecular flexibility index (Phi) is 14.1. The molecule has 0 aromatic heterocycles. The van der Waals surface area contributed by atoms with Crippen LogP contribution >= 0.6 is 0 Å². The number of allylic oxidation sites excluding steroid dienone is 1. The van der Waals surface area contributed by atoms with Crippen LogP contribution in [0.4, 0.5) is 0 Å². The quantitative estimate of drug-likeness (QED) is 0.199. The van der Waals surface area contributed by atoms with E-state index >= 15 is 0 Å². The van der Waals surface area contributed by atoms with E-state index in [1.807, 2.05) is 32.0 Å². The molecule has 0 aliphatic heterocycles. The van der Waals surface area contributed by atoms with Crippen molar-refractivity contribution in [1.29, 1.82) is 0 Å². The van der Waals surface area contributed by atoms with E-state index in [9.17, 15) is 9.90 Å². The first-order valence-corrected chi connectivity index (χ1v) is 12.4. The predicted octanol–water partition coefficient (Wildman–Crippen LogP) is 5.03. The molecule has 0 radical (unpaired) electrons. The van der Waals surface area contributed by atoms with Crippen LogP contribution in [-0.4, -0.2) is 64.4 Å². The van der Waals surface area contributed by atoms with Gasteiger partial charge in [-0.1, -0.05) is 57.2 Å².